The van der Waals surface area contributed by atoms with Gasteiger partial charge in [-0.2, -0.15) is 13.2 Å². The quantitative estimate of drug-likeness (QED) is 0.521. The van der Waals surface area contributed by atoms with Gasteiger partial charge in [-0.25, -0.2) is 9.18 Å². The Bertz CT molecular complexity index is 963. The van der Waals surface area contributed by atoms with Gasteiger partial charge in [0.15, 0.2) is 0 Å². The Morgan fingerprint density at radius 2 is 1.61 bits per heavy atom. The van der Waals surface area contributed by atoms with Crippen LogP contribution < -0.4 is 11.1 Å². The highest BCUT2D eigenvalue weighted by Gasteiger charge is 2.38. The summed E-state index contributed by atoms with van der Waals surface area (Å²) in [5, 5.41) is 10.8. The van der Waals surface area contributed by atoms with Crippen molar-refractivity contribution in [1.82, 2.24) is 5.32 Å². The van der Waals surface area contributed by atoms with E-state index in [9.17, 15) is 22.4 Å². The Hall–Kier alpha value is -2.94. The number of nitrogens with two attached hydrogens (primary N) is 1. The van der Waals surface area contributed by atoms with Crippen molar-refractivity contribution < 1.29 is 32.3 Å². The minimum Gasteiger partial charge on any atom is -0.475 e. The van der Waals surface area contributed by atoms with Gasteiger partial charge in [-0.1, -0.05) is 38.1 Å². The molecule has 0 aliphatic heterocycles. The molecule has 1 aliphatic rings. The normalized spacial score (nSPS) is 15.9. The second-order valence-corrected chi connectivity index (χ2v) is 8.91. The predicted molar refractivity (Wildman–Crippen MR) is 117 cm³/mol. The maximum Gasteiger partial charge on any atom is 0.490 e. The van der Waals surface area contributed by atoms with Gasteiger partial charge in [-0.05, 0) is 66.0 Å². The fourth-order valence-corrected chi connectivity index (χ4v) is 3.58. The molecule has 0 atom stereocenters. The molecule has 1 aliphatic carbocycles. The number of amides is 1. The van der Waals surface area contributed by atoms with Gasteiger partial charge >= 0.3 is 12.1 Å². The maximum atomic E-state index is 13.7. The first-order valence-electron chi connectivity index (χ1n) is 10.5. The van der Waals surface area contributed by atoms with Gasteiger partial charge in [-0.3, -0.25) is 4.79 Å². The third kappa shape index (κ3) is 8.49. The first-order valence-corrected chi connectivity index (χ1v) is 10.5. The number of carboxylic acids is 1. The van der Waals surface area contributed by atoms with Crippen LogP contribution in [0.1, 0.15) is 55.5 Å². The maximum absolute atomic E-state index is 13.7. The molecule has 4 N–H and O–H groups in total. The summed E-state index contributed by atoms with van der Waals surface area (Å²) in [6.07, 6.45) is -0.0920. The van der Waals surface area contributed by atoms with Gasteiger partial charge in [0.25, 0.3) is 0 Å². The topological polar surface area (TPSA) is 92.4 Å². The largest absolute Gasteiger partial charge is 0.490 e. The summed E-state index contributed by atoms with van der Waals surface area (Å²) in [6.45, 7) is 5.52. The number of primary amides is 1. The Morgan fingerprint density at radius 3 is 2.09 bits per heavy atom. The number of alkyl halides is 3. The van der Waals surface area contributed by atoms with E-state index in [-0.39, 0.29) is 5.56 Å². The molecule has 0 radical (unpaired) electrons. The van der Waals surface area contributed by atoms with Crippen molar-refractivity contribution in [3.8, 4) is 11.1 Å². The first-order chi connectivity index (χ1) is 15.3. The van der Waals surface area contributed by atoms with E-state index in [0.717, 1.165) is 18.2 Å². The van der Waals surface area contributed by atoms with E-state index < -0.39 is 23.9 Å². The Kier molecular flexibility index (Phi) is 8.60. The molecule has 1 fully saturated rings. The van der Waals surface area contributed by atoms with E-state index in [1.807, 2.05) is 24.3 Å². The molecule has 0 saturated heterocycles. The van der Waals surface area contributed by atoms with Gasteiger partial charge in [0, 0.05) is 18.2 Å². The molecule has 0 aromatic heterocycles. The molecule has 9 heteroatoms. The summed E-state index contributed by atoms with van der Waals surface area (Å²) in [5.74, 6) is -3.84. The summed E-state index contributed by atoms with van der Waals surface area (Å²) in [7, 11) is 0. The van der Waals surface area contributed by atoms with Crippen LogP contribution >= 0.6 is 0 Å². The Morgan fingerprint density at radius 1 is 1.06 bits per heavy atom. The number of aliphatic carboxylic acids is 1. The fourth-order valence-electron chi connectivity index (χ4n) is 3.58. The van der Waals surface area contributed by atoms with Crippen LogP contribution in [0.25, 0.3) is 11.1 Å². The van der Waals surface area contributed by atoms with E-state index in [0.29, 0.717) is 17.0 Å². The Labute approximate surface area is 190 Å². The van der Waals surface area contributed by atoms with Crippen molar-refractivity contribution in [2.75, 3.05) is 0 Å². The zero-order valence-corrected chi connectivity index (χ0v) is 18.5. The molecule has 1 amide bonds. The van der Waals surface area contributed by atoms with E-state index in [1.54, 1.807) is 6.07 Å². The number of nitrogens with one attached hydrogen (secondary N) is 1. The highest BCUT2D eigenvalue weighted by atomic mass is 19.4. The molecule has 0 spiro atoms. The first kappa shape index (κ1) is 26.3. The summed E-state index contributed by atoms with van der Waals surface area (Å²) in [4.78, 5) is 20.2. The molecule has 180 valence electrons. The SMILES string of the molecule is CC1(C)CCC(NCc2ccc(-c3cc(F)cc(C(N)=O)c3)cc2)CC1.O=C(O)C(F)(F)F. The third-order valence-corrected chi connectivity index (χ3v) is 5.65. The van der Waals surface area contributed by atoms with Crippen molar-refractivity contribution in [3.05, 3.63) is 59.4 Å². The lowest BCUT2D eigenvalue weighted by Gasteiger charge is -2.34. The number of hydrogen-bond acceptors (Lipinski definition) is 3. The fraction of sp³-hybridized carbons (Fsp3) is 0.417. The Balaban J connectivity index is 0.000000479. The van der Waals surface area contributed by atoms with Gasteiger partial charge in [0.2, 0.25) is 5.91 Å². The number of halogens is 4. The number of carboxylic acid groups (broad SMARTS) is 1. The molecule has 1 saturated carbocycles. The number of carbonyl (C=O) groups is 2. The van der Waals surface area contributed by atoms with Crippen molar-refractivity contribution >= 4 is 11.9 Å². The minimum absolute atomic E-state index is 0.186. The van der Waals surface area contributed by atoms with E-state index in [4.69, 9.17) is 15.6 Å². The van der Waals surface area contributed by atoms with Crippen LogP contribution in [0.5, 0.6) is 0 Å². The second-order valence-electron chi connectivity index (χ2n) is 8.91. The van der Waals surface area contributed by atoms with Crippen molar-refractivity contribution in [2.24, 2.45) is 11.1 Å². The minimum atomic E-state index is -5.08. The van der Waals surface area contributed by atoms with Crippen LogP contribution in [0.15, 0.2) is 42.5 Å². The smallest absolute Gasteiger partial charge is 0.475 e. The number of hydrogen-bond donors (Lipinski definition) is 3. The average Bonchev–Trinajstić information content (AvgIpc) is 2.72. The number of benzene rings is 2. The van der Waals surface area contributed by atoms with Crippen LogP contribution in [0, 0.1) is 11.2 Å². The van der Waals surface area contributed by atoms with Crippen molar-refractivity contribution in [1.29, 1.82) is 0 Å². The molecule has 0 bridgehead atoms. The lowest BCUT2D eigenvalue weighted by molar-refractivity contribution is -0.192. The molecule has 0 heterocycles. The number of carbonyl (C=O) groups excluding carboxylic acids is 1. The number of rotatable bonds is 5. The summed E-state index contributed by atoms with van der Waals surface area (Å²) in [5.41, 5.74) is 8.66. The zero-order chi connectivity index (χ0) is 24.8. The van der Waals surface area contributed by atoms with Gasteiger partial charge in [-0.15, -0.1) is 0 Å². The summed E-state index contributed by atoms with van der Waals surface area (Å²) < 4.78 is 45.5. The molecule has 3 rings (SSSR count). The van der Waals surface area contributed by atoms with Crippen molar-refractivity contribution in [3.63, 3.8) is 0 Å². The molecular formula is C24H28F4N2O3. The second kappa shape index (κ2) is 10.8. The van der Waals surface area contributed by atoms with Crippen LogP contribution in [0.4, 0.5) is 17.6 Å². The third-order valence-electron chi connectivity index (χ3n) is 5.65. The monoisotopic (exact) mass is 468 g/mol. The molecule has 2 aromatic rings. The molecule has 0 unspecified atom stereocenters. The van der Waals surface area contributed by atoms with Crippen LogP contribution in [0.2, 0.25) is 0 Å². The summed E-state index contributed by atoms with van der Waals surface area (Å²) in [6, 6.07) is 12.8. The molecular weight excluding hydrogens is 440 g/mol. The van der Waals surface area contributed by atoms with Crippen LogP contribution in [-0.4, -0.2) is 29.2 Å². The van der Waals surface area contributed by atoms with E-state index in [1.165, 1.54) is 37.3 Å². The van der Waals surface area contributed by atoms with Gasteiger partial charge in [0.1, 0.15) is 5.82 Å². The van der Waals surface area contributed by atoms with E-state index in [2.05, 4.69) is 19.2 Å². The lowest BCUT2D eigenvalue weighted by atomic mass is 9.75. The molecule has 5 nitrogen and oxygen atoms in total. The predicted octanol–water partition coefficient (Wildman–Crippen LogP) is 5.28. The molecule has 33 heavy (non-hydrogen) atoms. The highest BCUT2D eigenvalue weighted by Crippen LogP contribution is 2.35. The van der Waals surface area contributed by atoms with Gasteiger partial charge in [0.05, 0.1) is 0 Å². The zero-order valence-electron chi connectivity index (χ0n) is 18.5. The summed E-state index contributed by atoms with van der Waals surface area (Å²) >= 11 is 0. The lowest BCUT2D eigenvalue weighted by Crippen LogP contribution is -2.35. The molecule has 2 aromatic carbocycles. The standard InChI is InChI=1S/C22H27FN2O.C2HF3O2/c1-22(2)9-7-20(8-10-22)25-14-15-3-5-16(6-4-15)17-11-18(21(24)26)13-19(23)12-17;3-2(4,5)1(6)7/h3-6,11-13,20,25H,7-10,14H2,1-2H3,(H2,24,26);(H,6,7). The highest BCUT2D eigenvalue weighted by molar-refractivity contribution is 5.94. The van der Waals surface area contributed by atoms with Crippen molar-refractivity contribution in [2.45, 2.75) is 58.3 Å². The van der Waals surface area contributed by atoms with E-state index >= 15 is 0 Å². The van der Waals surface area contributed by atoms with Gasteiger partial charge < -0.3 is 16.2 Å². The van der Waals surface area contributed by atoms with Crippen LogP contribution in [-0.2, 0) is 11.3 Å². The average molecular weight is 468 g/mol. The van der Waals surface area contributed by atoms with Crippen LogP contribution in [0.3, 0.4) is 0 Å².